The number of allylic oxidation sites excluding steroid dienone is 6. The molecule has 0 radical (unpaired) electrons. The van der Waals surface area contributed by atoms with Gasteiger partial charge in [0.15, 0.2) is 0 Å². The first-order valence-corrected chi connectivity index (χ1v) is 8.71. The molecule has 0 fully saturated rings. The van der Waals surface area contributed by atoms with Crippen LogP contribution in [-0.4, -0.2) is 7.11 Å². The first-order chi connectivity index (χ1) is 12.5. The first-order valence-electron chi connectivity index (χ1n) is 8.71. The summed E-state index contributed by atoms with van der Waals surface area (Å²) in [6, 6.07) is 16.4. The van der Waals surface area contributed by atoms with Crippen LogP contribution in [0.4, 0.5) is 0 Å². The maximum absolute atomic E-state index is 6.48. The maximum atomic E-state index is 6.48. The van der Waals surface area contributed by atoms with E-state index in [-0.39, 0.29) is 0 Å². The van der Waals surface area contributed by atoms with Crippen LogP contribution in [0.2, 0.25) is 0 Å². The normalized spacial score (nSPS) is 14.7. The summed E-state index contributed by atoms with van der Waals surface area (Å²) in [5, 5.41) is 2.14. The van der Waals surface area contributed by atoms with E-state index in [1.807, 2.05) is 56.3 Å². The van der Waals surface area contributed by atoms with Crippen LogP contribution >= 0.6 is 0 Å². The highest BCUT2D eigenvalue weighted by molar-refractivity contribution is 5.65. The number of nitrogens with two attached hydrogens (primary N) is 1. The second-order valence-corrected chi connectivity index (χ2v) is 6.24. The smallest absolute Gasteiger partial charge is 0.0927 e. The zero-order valence-electron chi connectivity index (χ0n) is 16.0. The van der Waals surface area contributed by atoms with Gasteiger partial charge in [0.05, 0.1) is 12.9 Å². The third kappa shape index (κ3) is 5.25. The lowest BCUT2D eigenvalue weighted by molar-refractivity contribution is 0.293. The van der Waals surface area contributed by atoms with Gasteiger partial charge in [-0.3, -0.25) is 0 Å². The van der Waals surface area contributed by atoms with E-state index in [2.05, 4.69) is 43.3 Å². The number of hydrogen-bond donors (Lipinski definition) is 1. The molecule has 0 bridgehead atoms. The highest BCUT2D eigenvalue weighted by Gasteiger charge is 2.01. The van der Waals surface area contributed by atoms with Gasteiger partial charge >= 0.3 is 0 Å². The van der Waals surface area contributed by atoms with E-state index in [0.29, 0.717) is 0 Å². The zero-order valence-corrected chi connectivity index (χ0v) is 16.0. The molecular weight excluding hydrogens is 318 g/mol. The molecule has 0 amide bonds. The lowest BCUT2D eigenvalue weighted by Crippen LogP contribution is -2.29. The summed E-state index contributed by atoms with van der Waals surface area (Å²) in [5.41, 5.74) is 10.7. The summed E-state index contributed by atoms with van der Waals surface area (Å²) >= 11 is 0. The van der Waals surface area contributed by atoms with Gasteiger partial charge in [-0.25, -0.2) is 0 Å². The van der Waals surface area contributed by atoms with Crippen LogP contribution in [0.25, 0.3) is 11.8 Å². The molecule has 2 N–H and O–H groups in total. The number of methoxy groups -OCH3 is 1. The Labute approximate surface area is 156 Å². The quantitative estimate of drug-likeness (QED) is 0.658. The van der Waals surface area contributed by atoms with Crippen LogP contribution in [0.15, 0.2) is 84.2 Å². The van der Waals surface area contributed by atoms with Crippen molar-refractivity contribution in [3.05, 3.63) is 106 Å². The van der Waals surface area contributed by atoms with Crippen molar-refractivity contribution in [2.45, 2.75) is 20.8 Å². The highest BCUT2D eigenvalue weighted by Crippen LogP contribution is 2.11. The van der Waals surface area contributed by atoms with E-state index < -0.39 is 0 Å². The minimum atomic E-state index is 0.800. The van der Waals surface area contributed by atoms with Crippen molar-refractivity contribution in [1.29, 1.82) is 0 Å². The average Bonchev–Trinajstić information content (AvgIpc) is 2.65. The van der Waals surface area contributed by atoms with Crippen LogP contribution in [0.3, 0.4) is 0 Å². The predicted octanol–water partition coefficient (Wildman–Crippen LogP) is 3.94. The van der Waals surface area contributed by atoms with Crippen molar-refractivity contribution in [3.63, 3.8) is 0 Å². The maximum Gasteiger partial charge on any atom is 0.0927 e. The van der Waals surface area contributed by atoms with E-state index in [9.17, 15) is 0 Å². The van der Waals surface area contributed by atoms with Crippen molar-refractivity contribution >= 4 is 11.8 Å². The van der Waals surface area contributed by atoms with Gasteiger partial charge in [0.25, 0.3) is 0 Å². The molecule has 0 spiro atoms. The van der Waals surface area contributed by atoms with Gasteiger partial charge in [-0.15, -0.1) is 0 Å². The van der Waals surface area contributed by atoms with Gasteiger partial charge in [-0.2, -0.15) is 0 Å². The van der Waals surface area contributed by atoms with Crippen LogP contribution in [0.1, 0.15) is 25.0 Å². The van der Waals surface area contributed by atoms with Crippen molar-refractivity contribution < 1.29 is 4.74 Å². The van der Waals surface area contributed by atoms with Gasteiger partial charge < -0.3 is 10.5 Å². The lowest BCUT2D eigenvalue weighted by atomic mass is 10.0. The molecule has 2 nitrogen and oxygen atoms in total. The van der Waals surface area contributed by atoms with Gasteiger partial charge in [-0.1, -0.05) is 72.8 Å². The Morgan fingerprint density at radius 2 is 1.65 bits per heavy atom. The fourth-order valence-corrected chi connectivity index (χ4v) is 2.70. The van der Waals surface area contributed by atoms with Crippen LogP contribution < -0.4 is 16.2 Å². The Hall–Kier alpha value is -3.00. The van der Waals surface area contributed by atoms with Crippen molar-refractivity contribution in [2.75, 3.05) is 7.11 Å². The minimum Gasteiger partial charge on any atom is -0.501 e. The highest BCUT2D eigenvalue weighted by atomic mass is 16.5. The Bertz CT molecular complexity index is 962. The summed E-state index contributed by atoms with van der Waals surface area (Å²) in [7, 11) is 1.68. The van der Waals surface area contributed by atoms with E-state index >= 15 is 0 Å². The first kappa shape index (κ1) is 19.3. The predicted molar refractivity (Wildman–Crippen MR) is 112 cm³/mol. The van der Waals surface area contributed by atoms with E-state index in [4.69, 9.17) is 10.5 Å². The van der Waals surface area contributed by atoms with Gasteiger partial charge in [-0.05, 0) is 43.2 Å². The SMILES string of the molecule is CO\C(C)=C/C(C)=C\C=C\C=c1\cccc\c1=C(\N)c1ccccc1C. The molecule has 0 saturated heterocycles. The van der Waals surface area contributed by atoms with E-state index in [1.54, 1.807) is 7.11 Å². The number of hydrogen-bond acceptors (Lipinski definition) is 2. The van der Waals surface area contributed by atoms with Crippen molar-refractivity contribution in [2.24, 2.45) is 5.73 Å². The molecule has 2 aromatic carbocycles. The molecule has 2 aromatic rings. The van der Waals surface area contributed by atoms with Gasteiger partial charge in [0.2, 0.25) is 0 Å². The molecule has 0 unspecified atom stereocenters. The molecular formula is C24H27NO. The summed E-state index contributed by atoms with van der Waals surface area (Å²) < 4.78 is 5.16. The molecule has 0 aliphatic rings. The Morgan fingerprint density at radius 1 is 0.962 bits per heavy atom. The Balaban J connectivity index is 2.43. The molecule has 0 atom stereocenters. The van der Waals surface area contributed by atoms with E-state index in [0.717, 1.165) is 33.0 Å². The van der Waals surface area contributed by atoms with E-state index in [1.165, 1.54) is 5.56 Å². The third-order valence-electron chi connectivity index (χ3n) is 4.19. The zero-order chi connectivity index (χ0) is 18.9. The van der Waals surface area contributed by atoms with Crippen LogP contribution in [-0.2, 0) is 4.74 Å². The molecule has 0 saturated carbocycles. The second kappa shape index (κ2) is 9.47. The third-order valence-corrected chi connectivity index (χ3v) is 4.19. The number of benzene rings is 2. The molecule has 0 heterocycles. The molecule has 26 heavy (non-hydrogen) atoms. The molecule has 0 aromatic heterocycles. The van der Waals surface area contributed by atoms with Crippen LogP contribution in [0.5, 0.6) is 0 Å². The fourth-order valence-electron chi connectivity index (χ4n) is 2.70. The summed E-state index contributed by atoms with van der Waals surface area (Å²) in [4.78, 5) is 0. The average molecular weight is 345 g/mol. The second-order valence-electron chi connectivity index (χ2n) is 6.24. The molecule has 0 aliphatic carbocycles. The summed E-state index contributed by atoms with van der Waals surface area (Å²) in [5.74, 6) is 0.891. The monoisotopic (exact) mass is 345 g/mol. The molecule has 0 aliphatic heterocycles. The van der Waals surface area contributed by atoms with Crippen LogP contribution in [0, 0.1) is 6.92 Å². The molecule has 2 heteroatoms. The van der Waals surface area contributed by atoms with Crippen molar-refractivity contribution in [1.82, 2.24) is 0 Å². The van der Waals surface area contributed by atoms with Gasteiger partial charge in [0.1, 0.15) is 0 Å². The molecule has 2 rings (SSSR count). The lowest BCUT2D eigenvalue weighted by Gasteiger charge is -2.06. The van der Waals surface area contributed by atoms with Crippen molar-refractivity contribution in [3.8, 4) is 0 Å². The molecule has 134 valence electrons. The Morgan fingerprint density at radius 3 is 2.38 bits per heavy atom. The largest absolute Gasteiger partial charge is 0.501 e. The standard InChI is InChI=1S/C24H27NO/c1-18(17-20(3)26-4)11-5-7-13-21-14-8-10-16-23(21)24(25)22-15-9-6-12-19(22)2/h5-17H,25H2,1-4H3/b7-5+,18-11-,20-17-,21-13-,24-23-. The number of aryl methyl sites for hydroxylation is 1. The minimum absolute atomic E-state index is 0.800. The fraction of sp³-hybridized carbons (Fsp3) is 0.167. The van der Waals surface area contributed by atoms with Gasteiger partial charge in [0, 0.05) is 16.5 Å². The number of rotatable bonds is 5. The Kier molecular flexibility index (Phi) is 7.04. The summed E-state index contributed by atoms with van der Waals surface area (Å²) in [6.07, 6.45) is 10.2. The summed E-state index contributed by atoms with van der Waals surface area (Å²) in [6.45, 7) is 6.07. The number of ether oxygens (including phenoxy) is 1. The topological polar surface area (TPSA) is 35.2 Å².